The fraction of sp³-hybridized carbons (Fsp3) is 0.667. The summed E-state index contributed by atoms with van der Waals surface area (Å²) in [6.07, 6.45) is 5.45. The molecule has 0 atom stereocenters. The summed E-state index contributed by atoms with van der Waals surface area (Å²) >= 11 is 0. The van der Waals surface area contributed by atoms with E-state index in [1.165, 1.54) is 11.1 Å². The van der Waals surface area contributed by atoms with Gasteiger partial charge in [-0.15, -0.1) is 0 Å². The van der Waals surface area contributed by atoms with Gasteiger partial charge in [0, 0.05) is 6.54 Å². The van der Waals surface area contributed by atoms with Crippen LogP contribution in [0.15, 0.2) is 23.3 Å². The maximum absolute atomic E-state index is 5.51. The first-order chi connectivity index (χ1) is 5.91. The van der Waals surface area contributed by atoms with Gasteiger partial charge in [0.05, 0.1) is 0 Å². The number of allylic oxidation sites excluding steroid dienone is 3. The minimum Gasteiger partial charge on any atom is -0.327 e. The van der Waals surface area contributed by atoms with Crippen molar-refractivity contribution in [1.29, 1.82) is 0 Å². The largest absolute Gasteiger partial charge is 0.327 e. The van der Waals surface area contributed by atoms with Gasteiger partial charge in [-0.05, 0) is 18.8 Å². The van der Waals surface area contributed by atoms with Gasteiger partial charge in [0.1, 0.15) is 0 Å². The summed E-state index contributed by atoms with van der Waals surface area (Å²) in [5, 5.41) is 0. The van der Waals surface area contributed by atoms with Gasteiger partial charge >= 0.3 is 0 Å². The molecule has 1 nitrogen and oxygen atoms in total. The van der Waals surface area contributed by atoms with Crippen LogP contribution in [0.4, 0.5) is 0 Å². The molecule has 1 heteroatoms. The second kappa shape index (κ2) is 5.23. The number of rotatable bonds is 3. The molecule has 13 heavy (non-hydrogen) atoms. The van der Waals surface area contributed by atoms with Crippen molar-refractivity contribution in [3.05, 3.63) is 23.3 Å². The van der Waals surface area contributed by atoms with Crippen LogP contribution in [-0.2, 0) is 0 Å². The van der Waals surface area contributed by atoms with E-state index >= 15 is 0 Å². The summed E-state index contributed by atoms with van der Waals surface area (Å²) in [5.41, 5.74) is 8.49. The van der Waals surface area contributed by atoms with Crippen molar-refractivity contribution in [2.24, 2.45) is 11.1 Å². The van der Waals surface area contributed by atoms with Gasteiger partial charge in [-0.3, -0.25) is 0 Å². The molecule has 0 aromatic rings. The van der Waals surface area contributed by atoms with Crippen LogP contribution in [0.3, 0.4) is 0 Å². The van der Waals surface area contributed by atoms with Gasteiger partial charge < -0.3 is 5.73 Å². The average Bonchev–Trinajstić information content (AvgIpc) is 2.02. The van der Waals surface area contributed by atoms with Crippen molar-refractivity contribution in [3.63, 3.8) is 0 Å². The summed E-state index contributed by atoms with van der Waals surface area (Å²) in [6.45, 7) is 11.6. The van der Waals surface area contributed by atoms with Crippen molar-refractivity contribution >= 4 is 0 Å². The number of hydrogen-bond donors (Lipinski definition) is 1. The summed E-state index contributed by atoms with van der Waals surface area (Å²) in [7, 11) is 0. The molecule has 0 saturated heterocycles. The van der Waals surface area contributed by atoms with Crippen LogP contribution in [-0.4, -0.2) is 6.54 Å². The maximum atomic E-state index is 5.51. The fourth-order valence-corrected chi connectivity index (χ4v) is 1.21. The molecule has 0 amide bonds. The van der Waals surface area contributed by atoms with E-state index in [2.05, 4.69) is 46.8 Å². The molecule has 0 spiro atoms. The topological polar surface area (TPSA) is 26.0 Å². The SMILES string of the molecule is CC/C(=C\C=C(\C)CN)C(C)(C)C. The highest BCUT2D eigenvalue weighted by atomic mass is 14.5. The standard InChI is InChI=1S/C12H23N/c1-6-11(12(3,4)5)8-7-10(2)9-13/h7-8H,6,9,13H2,1-5H3/b10-7-,11-8+. The van der Waals surface area contributed by atoms with E-state index in [4.69, 9.17) is 5.73 Å². The molecule has 0 unspecified atom stereocenters. The van der Waals surface area contributed by atoms with Gasteiger partial charge in [-0.1, -0.05) is 51.0 Å². The van der Waals surface area contributed by atoms with Crippen LogP contribution < -0.4 is 5.73 Å². The molecule has 2 N–H and O–H groups in total. The summed E-state index contributed by atoms with van der Waals surface area (Å²) in [6, 6.07) is 0. The first-order valence-electron chi connectivity index (χ1n) is 4.98. The molecular weight excluding hydrogens is 158 g/mol. The first kappa shape index (κ1) is 12.4. The van der Waals surface area contributed by atoms with E-state index in [9.17, 15) is 0 Å². The average molecular weight is 181 g/mol. The number of hydrogen-bond acceptors (Lipinski definition) is 1. The molecule has 0 rings (SSSR count). The summed E-state index contributed by atoms with van der Waals surface area (Å²) in [4.78, 5) is 0. The Kier molecular flexibility index (Phi) is 5.01. The number of nitrogens with two attached hydrogens (primary N) is 1. The van der Waals surface area contributed by atoms with Crippen molar-refractivity contribution in [1.82, 2.24) is 0 Å². The van der Waals surface area contributed by atoms with Crippen LogP contribution in [0, 0.1) is 5.41 Å². The van der Waals surface area contributed by atoms with Crippen molar-refractivity contribution in [3.8, 4) is 0 Å². The molecule has 0 heterocycles. The van der Waals surface area contributed by atoms with Crippen LogP contribution in [0.5, 0.6) is 0 Å². The van der Waals surface area contributed by atoms with Crippen molar-refractivity contribution in [2.45, 2.75) is 41.0 Å². The lowest BCUT2D eigenvalue weighted by atomic mass is 9.84. The Hall–Kier alpha value is -0.560. The zero-order valence-electron chi connectivity index (χ0n) is 9.65. The zero-order valence-corrected chi connectivity index (χ0v) is 9.65. The lowest BCUT2D eigenvalue weighted by Gasteiger charge is -2.21. The molecular formula is C12H23N. The second-order valence-corrected chi connectivity index (χ2v) is 4.51. The maximum Gasteiger partial charge on any atom is 0.0137 e. The van der Waals surface area contributed by atoms with Crippen LogP contribution in [0.25, 0.3) is 0 Å². The van der Waals surface area contributed by atoms with E-state index < -0.39 is 0 Å². The van der Waals surface area contributed by atoms with E-state index in [1.807, 2.05) is 0 Å². The van der Waals surface area contributed by atoms with Gasteiger partial charge in [0.25, 0.3) is 0 Å². The minimum atomic E-state index is 0.278. The molecule has 0 aliphatic carbocycles. The first-order valence-corrected chi connectivity index (χ1v) is 4.98. The van der Waals surface area contributed by atoms with E-state index in [0.717, 1.165) is 6.42 Å². The fourth-order valence-electron chi connectivity index (χ4n) is 1.21. The summed E-state index contributed by atoms with van der Waals surface area (Å²) < 4.78 is 0. The Morgan fingerprint density at radius 1 is 1.23 bits per heavy atom. The third-order valence-electron chi connectivity index (χ3n) is 2.24. The van der Waals surface area contributed by atoms with Crippen LogP contribution in [0.2, 0.25) is 0 Å². The highest BCUT2D eigenvalue weighted by Gasteiger charge is 2.13. The van der Waals surface area contributed by atoms with Gasteiger partial charge in [-0.2, -0.15) is 0 Å². The van der Waals surface area contributed by atoms with Crippen LogP contribution >= 0.6 is 0 Å². The van der Waals surface area contributed by atoms with E-state index in [1.54, 1.807) is 0 Å². The predicted molar refractivity (Wildman–Crippen MR) is 60.6 cm³/mol. The Morgan fingerprint density at radius 3 is 2.08 bits per heavy atom. The smallest absolute Gasteiger partial charge is 0.0137 e. The van der Waals surface area contributed by atoms with Crippen molar-refractivity contribution < 1.29 is 0 Å². The lowest BCUT2D eigenvalue weighted by molar-refractivity contribution is 0.488. The van der Waals surface area contributed by atoms with E-state index in [0.29, 0.717) is 6.54 Å². The molecule has 0 bridgehead atoms. The third-order valence-corrected chi connectivity index (χ3v) is 2.24. The second-order valence-electron chi connectivity index (χ2n) is 4.51. The molecule has 0 aliphatic rings. The normalized spacial score (nSPS) is 14.9. The molecule has 0 radical (unpaired) electrons. The molecule has 0 aromatic heterocycles. The highest BCUT2D eigenvalue weighted by Crippen LogP contribution is 2.27. The Labute approximate surface area is 82.7 Å². The van der Waals surface area contributed by atoms with Crippen molar-refractivity contribution in [2.75, 3.05) is 6.54 Å². The summed E-state index contributed by atoms with van der Waals surface area (Å²) in [5.74, 6) is 0. The highest BCUT2D eigenvalue weighted by molar-refractivity contribution is 5.20. The third kappa shape index (κ3) is 4.89. The molecule has 76 valence electrons. The molecule has 0 fully saturated rings. The van der Waals surface area contributed by atoms with Gasteiger partial charge in [0.2, 0.25) is 0 Å². The predicted octanol–water partition coefficient (Wildman–Crippen LogP) is 3.27. The quantitative estimate of drug-likeness (QED) is 0.664. The molecule has 0 aromatic carbocycles. The van der Waals surface area contributed by atoms with Gasteiger partial charge in [0.15, 0.2) is 0 Å². The molecule has 0 aliphatic heterocycles. The van der Waals surface area contributed by atoms with E-state index in [-0.39, 0.29) is 5.41 Å². The molecule has 0 saturated carbocycles. The monoisotopic (exact) mass is 181 g/mol. The minimum absolute atomic E-state index is 0.278. The Bertz CT molecular complexity index is 204. The van der Waals surface area contributed by atoms with Crippen LogP contribution in [0.1, 0.15) is 41.0 Å². The van der Waals surface area contributed by atoms with Gasteiger partial charge in [-0.25, -0.2) is 0 Å². The Balaban J connectivity index is 4.59. The Morgan fingerprint density at radius 2 is 1.77 bits per heavy atom. The lowest BCUT2D eigenvalue weighted by Crippen LogP contribution is -2.08. The zero-order chi connectivity index (χ0) is 10.5.